The largest absolute Gasteiger partial charge is 0.0842 e. The summed E-state index contributed by atoms with van der Waals surface area (Å²) >= 11 is 0. The molecule has 0 nitrogen and oxygen atoms in total. The molecule has 0 aliphatic heterocycles. The van der Waals surface area contributed by atoms with Crippen molar-refractivity contribution in [1.82, 2.24) is 0 Å². The third-order valence-electron chi connectivity index (χ3n) is 0.883. The third-order valence-corrected chi connectivity index (χ3v) is 0.883. The number of hydrogen-bond acceptors (Lipinski definition) is 0. The van der Waals surface area contributed by atoms with Crippen LogP contribution in [0, 0.1) is 13.5 Å². The molecule has 0 atom stereocenters. The van der Waals surface area contributed by atoms with Gasteiger partial charge < -0.3 is 0 Å². The Bertz CT molecular complexity index is 107. The third kappa shape index (κ3) is 7.22. The minimum Gasteiger partial charge on any atom is -0.0842 e. The number of unbranched alkanes of at least 4 members (excludes halogenated alkanes) is 1. The van der Waals surface area contributed by atoms with Gasteiger partial charge in [0, 0.05) is 0 Å². The number of allylic oxidation sites excluding steroid dienone is 5. The molecule has 0 spiro atoms. The Morgan fingerprint density at radius 1 is 1.22 bits per heavy atom. The van der Waals surface area contributed by atoms with Gasteiger partial charge in [0.15, 0.2) is 0 Å². The van der Waals surface area contributed by atoms with Crippen molar-refractivity contribution in [3.63, 3.8) is 0 Å². The topological polar surface area (TPSA) is 0 Å². The van der Waals surface area contributed by atoms with Crippen molar-refractivity contribution >= 4 is 0 Å². The standard InChI is InChI=1S/C9H12/c1-3-5-7-9-8-6-4-2/h1,3-4,6,8-9H,2,5,7H2/b3-1?,6-4+,9-8+. The zero-order chi connectivity index (χ0) is 6.95. The van der Waals surface area contributed by atoms with E-state index in [2.05, 4.69) is 13.0 Å². The highest BCUT2D eigenvalue weighted by Gasteiger charge is 1.70. The van der Waals surface area contributed by atoms with Crippen molar-refractivity contribution in [2.24, 2.45) is 0 Å². The highest BCUT2D eigenvalue weighted by Crippen LogP contribution is 1.90. The molecule has 0 aromatic heterocycles. The summed E-state index contributed by atoms with van der Waals surface area (Å²) < 4.78 is 0. The van der Waals surface area contributed by atoms with Gasteiger partial charge in [0.25, 0.3) is 0 Å². The van der Waals surface area contributed by atoms with E-state index in [1.807, 2.05) is 12.2 Å². The molecule has 0 aromatic carbocycles. The molecule has 0 rings (SSSR count). The van der Waals surface area contributed by atoms with Crippen molar-refractivity contribution < 1.29 is 0 Å². The Morgan fingerprint density at radius 3 is 2.56 bits per heavy atom. The number of rotatable bonds is 4. The summed E-state index contributed by atoms with van der Waals surface area (Å²) in [6.45, 7) is 8.69. The summed E-state index contributed by atoms with van der Waals surface area (Å²) in [5.41, 5.74) is 0. The summed E-state index contributed by atoms with van der Waals surface area (Å²) in [6, 6.07) is 0. The van der Waals surface area contributed by atoms with Gasteiger partial charge in [-0.25, -0.2) is 0 Å². The van der Waals surface area contributed by atoms with Crippen LogP contribution < -0.4 is 0 Å². The Hall–Kier alpha value is -0.780. The first-order valence-corrected chi connectivity index (χ1v) is 3.06. The van der Waals surface area contributed by atoms with Gasteiger partial charge in [0.2, 0.25) is 0 Å². The van der Waals surface area contributed by atoms with Gasteiger partial charge >= 0.3 is 0 Å². The van der Waals surface area contributed by atoms with E-state index in [1.165, 1.54) is 0 Å². The molecule has 0 fully saturated rings. The molecule has 0 bridgehead atoms. The monoisotopic (exact) mass is 120 g/mol. The van der Waals surface area contributed by atoms with Crippen molar-refractivity contribution in [3.05, 3.63) is 43.9 Å². The summed E-state index contributed by atoms with van der Waals surface area (Å²) in [7, 11) is 0. The zero-order valence-corrected chi connectivity index (χ0v) is 5.59. The lowest BCUT2D eigenvalue weighted by atomic mass is 10.3. The quantitative estimate of drug-likeness (QED) is 0.395. The molecular formula is C9H12. The van der Waals surface area contributed by atoms with Crippen LogP contribution >= 0.6 is 0 Å². The molecule has 0 aliphatic carbocycles. The molecule has 0 heteroatoms. The maximum atomic E-state index is 5.15. The van der Waals surface area contributed by atoms with E-state index >= 15 is 0 Å². The highest BCUT2D eigenvalue weighted by molar-refractivity contribution is 5.03. The molecule has 0 unspecified atom stereocenters. The molecule has 0 aromatic rings. The highest BCUT2D eigenvalue weighted by atomic mass is 13.8. The van der Waals surface area contributed by atoms with Crippen molar-refractivity contribution in [2.75, 3.05) is 0 Å². The van der Waals surface area contributed by atoms with Gasteiger partial charge in [-0.3, -0.25) is 0 Å². The molecule has 0 aliphatic rings. The molecule has 48 valence electrons. The summed E-state index contributed by atoms with van der Waals surface area (Å²) in [4.78, 5) is 0. The van der Waals surface area contributed by atoms with E-state index in [0.717, 1.165) is 12.8 Å². The molecule has 0 N–H and O–H groups in total. The number of hydrogen-bond donors (Lipinski definition) is 0. The normalized spacial score (nSPS) is 11.2. The molecular weight excluding hydrogens is 108 g/mol. The predicted molar refractivity (Wildman–Crippen MR) is 41.7 cm³/mol. The van der Waals surface area contributed by atoms with Crippen molar-refractivity contribution in [2.45, 2.75) is 12.8 Å². The first-order valence-electron chi connectivity index (χ1n) is 3.06. The van der Waals surface area contributed by atoms with E-state index in [4.69, 9.17) is 6.58 Å². The van der Waals surface area contributed by atoms with Crippen LogP contribution in [-0.2, 0) is 0 Å². The van der Waals surface area contributed by atoms with Crippen LogP contribution in [0.4, 0.5) is 0 Å². The average molecular weight is 120 g/mol. The van der Waals surface area contributed by atoms with Crippen LogP contribution in [0.5, 0.6) is 0 Å². The lowest BCUT2D eigenvalue weighted by Crippen LogP contribution is -1.60. The molecule has 9 heavy (non-hydrogen) atoms. The van der Waals surface area contributed by atoms with Crippen molar-refractivity contribution in [3.8, 4) is 0 Å². The fourth-order valence-corrected chi connectivity index (χ4v) is 0.446. The second-order valence-electron chi connectivity index (χ2n) is 1.67. The first-order chi connectivity index (χ1) is 4.41. The lowest BCUT2D eigenvalue weighted by Gasteiger charge is -1.80. The van der Waals surface area contributed by atoms with Gasteiger partial charge in [-0.05, 0) is 19.8 Å². The Labute approximate surface area is 57.6 Å². The van der Waals surface area contributed by atoms with Crippen LogP contribution in [0.15, 0.2) is 30.4 Å². The molecule has 0 heterocycles. The Balaban J connectivity index is 3.14. The van der Waals surface area contributed by atoms with Crippen LogP contribution in [-0.4, -0.2) is 0 Å². The average Bonchev–Trinajstić information content (AvgIpc) is 1.89. The van der Waals surface area contributed by atoms with Gasteiger partial charge in [-0.1, -0.05) is 37.0 Å². The Kier molecular flexibility index (Phi) is 6.59. The van der Waals surface area contributed by atoms with Crippen LogP contribution in [0.25, 0.3) is 0 Å². The molecule has 0 saturated heterocycles. The maximum Gasteiger partial charge on any atom is -0.0313 e. The minimum absolute atomic E-state index is 0.946. The molecule has 2 radical (unpaired) electrons. The SMILES string of the molecule is [CH]=CCC/C=C/C=C/[CH2]. The van der Waals surface area contributed by atoms with Gasteiger partial charge in [0.05, 0.1) is 0 Å². The smallest absolute Gasteiger partial charge is 0.0313 e. The lowest BCUT2D eigenvalue weighted by molar-refractivity contribution is 1.05. The summed E-state index contributed by atoms with van der Waals surface area (Å²) in [6.07, 6.45) is 11.3. The van der Waals surface area contributed by atoms with Crippen molar-refractivity contribution in [1.29, 1.82) is 0 Å². The van der Waals surface area contributed by atoms with E-state index in [9.17, 15) is 0 Å². The minimum atomic E-state index is 0.946. The van der Waals surface area contributed by atoms with E-state index < -0.39 is 0 Å². The molecule has 0 saturated carbocycles. The zero-order valence-electron chi connectivity index (χ0n) is 5.59. The van der Waals surface area contributed by atoms with E-state index in [1.54, 1.807) is 12.2 Å². The van der Waals surface area contributed by atoms with Gasteiger partial charge in [0.1, 0.15) is 0 Å². The van der Waals surface area contributed by atoms with E-state index in [0.29, 0.717) is 0 Å². The van der Waals surface area contributed by atoms with Crippen LogP contribution in [0.3, 0.4) is 0 Å². The van der Waals surface area contributed by atoms with Gasteiger partial charge in [-0.2, -0.15) is 0 Å². The van der Waals surface area contributed by atoms with Crippen LogP contribution in [0.2, 0.25) is 0 Å². The first kappa shape index (κ1) is 8.22. The Morgan fingerprint density at radius 2 is 2.00 bits per heavy atom. The fraction of sp³-hybridized carbons (Fsp3) is 0.222. The van der Waals surface area contributed by atoms with Crippen LogP contribution in [0.1, 0.15) is 12.8 Å². The van der Waals surface area contributed by atoms with Gasteiger partial charge in [-0.15, -0.1) is 0 Å². The molecule has 0 amide bonds. The maximum absolute atomic E-state index is 5.15. The predicted octanol–water partition coefficient (Wildman–Crippen LogP) is 2.70. The second kappa shape index (κ2) is 7.22. The summed E-state index contributed by atoms with van der Waals surface area (Å²) in [5.74, 6) is 0. The second-order valence-corrected chi connectivity index (χ2v) is 1.67. The summed E-state index contributed by atoms with van der Waals surface area (Å²) in [5, 5.41) is 0. The fourth-order valence-electron chi connectivity index (χ4n) is 0.446. The van der Waals surface area contributed by atoms with E-state index in [-0.39, 0.29) is 0 Å².